The normalized spacial score (nSPS) is 10.5. The van der Waals surface area contributed by atoms with E-state index in [9.17, 15) is 4.79 Å². The van der Waals surface area contributed by atoms with Gasteiger partial charge in [-0.05, 0) is 31.2 Å². The number of ether oxygens (including phenoxy) is 4. The Morgan fingerprint density at radius 3 is 2.58 bits per heavy atom. The van der Waals surface area contributed by atoms with Crippen molar-refractivity contribution in [2.24, 2.45) is 0 Å². The van der Waals surface area contributed by atoms with Crippen molar-refractivity contribution in [2.75, 3.05) is 26.1 Å². The third-order valence-corrected chi connectivity index (χ3v) is 5.11. The van der Waals surface area contributed by atoms with E-state index in [0.29, 0.717) is 53.2 Å². The molecule has 1 N–H and O–H groups in total. The van der Waals surface area contributed by atoms with Crippen LogP contribution in [0.1, 0.15) is 23.8 Å². The van der Waals surface area contributed by atoms with Gasteiger partial charge in [0.2, 0.25) is 0 Å². The number of rotatable bonds is 10. The monoisotopic (exact) mass is 488 g/mol. The maximum atomic E-state index is 12.8. The van der Waals surface area contributed by atoms with Gasteiger partial charge in [-0.1, -0.05) is 0 Å². The van der Waals surface area contributed by atoms with Crippen LogP contribution in [0.3, 0.4) is 0 Å². The average molecular weight is 489 g/mol. The third kappa shape index (κ3) is 5.28. The number of anilines is 1. The van der Waals surface area contributed by atoms with Crippen molar-refractivity contribution in [3.63, 3.8) is 0 Å². The van der Waals surface area contributed by atoms with Gasteiger partial charge in [-0.15, -0.1) is 0 Å². The molecule has 36 heavy (non-hydrogen) atoms. The fourth-order valence-electron chi connectivity index (χ4n) is 3.45. The van der Waals surface area contributed by atoms with Gasteiger partial charge in [-0.3, -0.25) is 14.5 Å². The molecule has 0 radical (unpaired) electrons. The lowest BCUT2D eigenvalue weighted by Crippen LogP contribution is -2.15. The molecular weight excluding hydrogens is 464 g/mol. The zero-order chi connectivity index (χ0) is 25.5. The number of methoxy groups -OCH3 is 2. The maximum absolute atomic E-state index is 12.8. The van der Waals surface area contributed by atoms with Gasteiger partial charge in [-0.25, -0.2) is 4.98 Å². The van der Waals surface area contributed by atoms with Gasteiger partial charge in [0.1, 0.15) is 17.3 Å². The van der Waals surface area contributed by atoms with Gasteiger partial charge in [0.05, 0.1) is 57.8 Å². The Hall–Kier alpha value is -4.85. The van der Waals surface area contributed by atoms with Crippen LogP contribution in [-0.2, 0) is 6.54 Å². The lowest BCUT2D eigenvalue weighted by molar-refractivity contribution is 0.101. The number of fused-ring (bicyclic) bond motifs is 1. The molecule has 0 atom stereocenters. The number of pyridine rings is 2. The Labute approximate surface area is 207 Å². The van der Waals surface area contributed by atoms with Gasteiger partial charge in [0.25, 0.3) is 5.91 Å². The summed E-state index contributed by atoms with van der Waals surface area (Å²) in [4.78, 5) is 21.4. The van der Waals surface area contributed by atoms with Crippen molar-refractivity contribution in [1.29, 1.82) is 5.26 Å². The molecule has 184 valence electrons. The molecule has 0 aliphatic carbocycles. The summed E-state index contributed by atoms with van der Waals surface area (Å²) >= 11 is 0. The number of nitrogens with zero attached hydrogens (tertiary/aromatic N) is 5. The SMILES string of the molecule is CCOc1cn(CCC#N)nc1C(=O)Nc1ccc(Oc2ccnc3cc(OC)c(OC)cc23)cn1. The Morgan fingerprint density at radius 2 is 1.89 bits per heavy atom. The quantitative estimate of drug-likeness (QED) is 0.348. The standard InChI is InChI=1S/C25H24N6O5/c1-4-35-22-15-31(11-5-9-26)30-24(22)25(32)29-23-7-6-16(14-28-23)36-19-8-10-27-18-13-21(34-3)20(33-2)12-17(18)19/h6-8,10,12-15H,4-5,11H2,1-3H3,(H,28,29,32). The minimum atomic E-state index is -0.475. The number of hydrogen-bond acceptors (Lipinski definition) is 9. The number of aromatic nitrogens is 4. The van der Waals surface area contributed by atoms with E-state index in [1.807, 2.05) is 13.0 Å². The maximum Gasteiger partial charge on any atom is 0.281 e. The van der Waals surface area contributed by atoms with Crippen molar-refractivity contribution in [3.8, 4) is 34.8 Å². The van der Waals surface area contributed by atoms with Crippen LogP contribution >= 0.6 is 0 Å². The zero-order valence-corrected chi connectivity index (χ0v) is 20.0. The second-order valence-corrected chi connectivity index (χ2v) is 7.41. The van der Waals surface area contributed by atoms with Gasteiger partial charge in [0, 0.05) is 17.6 Å². The van der Waals surface area contributed by atoms with Crippen molar-refractivity contribution < 1.29 is 23.7 Å². The summed E-state index contributed by atoms with van der Waals surface area (Å²) in [5, 5.41) is 16.5. The molecular formula is C25H24N6O5. The van der Waals surface area contributed by atoms with Crippen molar-refractivity contribution in [3.05, 3.63) is 54.6 Å². The predicted octanol–water partition coefficient (Wildman–Crippen LogP) is 4.20. The molecule has 0 aliphatic rings. The van der Waals surface area contributed by atoms with E-state index < -0.39 is 5.91 Å². The number of nitrogens with one attached hydrogen (secondary N) is 1. The molecule has 0 bridgehead atoms. The molecule has 3 heterocycles. The first-order chi connectivity index (χ1) is 17.6. The Kier molecular flexibility index (Phi) is 7.45. The molecule has 11 heteroatoms. The fourth-order valence-corrected chi connectivity index (χ4v) is 3.45. The van der Waals surface area contributed by atoms with Crippen molar-refractivity contribution in [1.82, 2.24) is 19.7 Å². The number of carbonyl (C=O) groups excluding carboxylic acids is 1. The number of aryl methyl sites for hydroxylation is 1. The van der Waals surface area contributed by atoms with Crippen LogP contribution in [0.2, 0.25) is 0 Å². The Morgan fingerprint density at radius 1 is 1.08 bits per heavy atom. The largest absolute Gasteiger partial charge is 0.493 e. The van der Waals surface area contributed by atoms with Crippen LogP contribution in [0.15, 0.2) is 48.9 Å². The third-order valence-electron chi connectivity index (χ3n) is 5.11. The lowest BCUT2D eigenvalue weighted by atomic mass is 10.2. The van der Waals surface area contributed by atoms with Crippen LogP contribution in [0.25, 0.3) is 10.9 Å². The summed E-state index contributed by atoms with van der Waals surface area (Å²) in [6.45, 7) is 2.54. The number of amides is 1. The van der Waals surface area contributed by atoms with E-state index in [0.717, 1.165) is 5.39 Å². The van der Waals surface area contributed by atoms with Crippen LogP contribution in [0.5, 0.6) is 28.7 Å². The smallest absolute Gasteiger partial charge is 0.281 e. The first kappa shape index (κ1) is 24.3. The van der Waals surface area contributed by atoms with Crippen molar-refractivity contribution in [2.45, 2.75) is 19.9 Å². The molecule has 11 nitrogen and oxygen atoms in total. The molecule has 0 saturated heterocycles. The van der Waals surface area contributed by atoms with E-state index in [1.54, 1.807) is 56.9 Å². The molecule has 0 spiro atoms. The Balaban J connectivity index is 1.50. The summed E-state index contributed by atoms with van der Waals surface area (Å²) in [5.41, 5.74) is 0.797. The minimum absolute atomic E-state index is 0.115. The molecule has 1 amide bonds. The summed E-state index contributed by atoms with van der Waals surface area (Å²) in [6.07, 6.45) is 5.00. The zero-order valence-electron chi connectivity index (χ0n) is 20.0. The summed E-state index contributed by atoms with van der Waals surface area (Å²) in [6, 6.07) is 10.7. The highest BCUT2D eigenvalue weighted by Crippen LogP contribution is 2.36. The summed E-state index contributed by atoms with van der Waals surface area (Å²) < 4.78 is 23.8. The highest BCUT2D eigenvalue weighted by molar-refractivity contribution is 6.04. The summed E-state index contributed by atoms with van der Waals surface area (Å²) in [5.74, 6) is 2.32. The van der Waals surface area contributed by atoms with Crippen LogP contribution in [0, 0.1) is 11.3 Å². The van der Waals surface area contributed by atoms with Gasteiger partial charge < -0.3 is 24.3 Å². The first-order valence-electron chi connectivity index (χ1n) is 11.1. The molecule has 1 aromatic carbocycles. The predicted molar refractivity (Wildman–Crippen MR) is 131 cm³/mol. The van der Waals surface area contributed by atoms with Crippen LogP contribution in [0.4, 0.5) is 5.82 Å². The second kappa shape index (κ2) is 11.1. The Bertz CT molecular complexity index is 1410. The average Bonchev–Trinajstić information content (AvgIpc) is 3.31. The summed E-state index contributed by atoms with van der Waals surface area (Å²) in [7, 11) is 3.12. The van der Waals surface area contributed by atoms with Gasteiger partial charge in [0.15, 0.2) is 22.9 Å². The number of nitriles is 1. The molecule has 0 saturated carbocycles. The molecule has 0 fully saturated rings. The van der Waals surface area contributed by atoms with Gasteiger partial charge >= 0.3 is 0 Å². The molecule has 4 aromatic rings. The lowest BCUT2D eigenvalue weighted by Gasteiger charge is -2.12. The molecule has 0 unspecified atom stereocenters. The number of hydrogen-bond donors (Lipinski definition) is 1. The van der Waals surface area contributed by atoms with E-state index in [1.165, 1.54) is 10.9 Å². The molecule has 0 aliphatic heterocycles. The molecule has 3 aromatic heterocycles. The van der Waals surface area contributed by atoms with Crippen molar-refractivity contribution >= 4 is 22.6 Å². The minimum Gasteiger partial charge on any atom is -0.493 e. The number of benzene rings is 1. The van der Waals surface area contributed by atoms with E-state index in [4.69, 9.17) is 24.2 Å². The van der Waals surface area contributed by atoms with E-state index >= 15 is 0 Å². The molecule has 4 rings (SSSR count). The van der Waals surface area contributed by atoms with Crippen LogP contribution in [-0.4, -0.2) is 46.5 Å². The highest BCUT2D eigenvalue weighted by Gasteiger charge is 2.19. The topological polar surface area (TPSA) is 133 Å². The first-order valence-corrected chi connectivity index (χ1v) is 11.1. The number of carbonyl (C=O) groups is 1. The van der Waals surface area contributed by atoms with E-state index in [2.05, 4.69) is 20.4 Å². The van der Waals surface area contributed by atoms with Crippen LogP contribution < -0.4 is 24.3 Å². The van der Waals surface area contributed by atoms with E-state index in [-0.39, 0.29) is 12.1 Å². The highest BCUT2D eigenvalue weighted by atomic mass is 16.5. The fraction of sp³-hybridized carbons (Fsp3) is 0.240. The van der Waals surface area contributed by atoms with Gasteiger partial charge in [-0.2, -0.15) is 10.4 Å². The second-order valence-electron chi connectivity index (χ2n) is 7.41.